The third kappa shape index (κ3) is 2.80. The number of aryl methyl sites for hydroxylation is 3. The molecule has 98 valence electrons. The molecule has 0 radical (unpaired) electrons. The van der Waals surface area contributed by atoms with Crippen LogP contribution < -0.4 is 5.32 Å². The predicted octanol–water partition coefficient (Wildman–Crippen LogP) is 1.09. The molecule has 2 aromatic heterocycles. The van der Waals surface area contributed by atoms with Crippen LogP contribution in [0.15, 0.2) is 18.3 Å². The summed E-state index contributed by atoms with van der Waals surface area (Å²) in [6.45, 7) is 2.29. The van der Waals surface area contributed by atoms with Crippen LogP contribution in [-0.2, 0) is 13.6 Å². The van der Waals surface area contributed by atoms with E-state index in [0.717, 1.165) is 5.69 Å². The zero-order valence-corrected chi connectivity index (χ0v) is 10.8. The van der Waals surface area contributed by atoms with E-state index in [0.29, 0.717) is 24.5 Å². The van der Waals surface area contributed by atoms with Gasteiger partial charge in [-0.15, -0.1) is 0 Å². The molecule has 0 atom stereocenters. The van der Waals surface area contributed by atoms with Gasteiger partial charge in [-0.1, -0.05) is 0 Å². The van der Waals surface area contributed by atoms with Crippen LogP contribution in [0.1, 0.15) is 22.6 Å². The highest BCUT2D eigenvalue weighted by molar-refractivity contribution is 6.02. The Labute approximate surface area is 110 Å². The summed E-state index contributed by atoms with van der Waals surface area (Å²) in [5, 5.41) is 19.6. The molecule has 2 rings (SSSR count). The fourth-order valence-corrected chi connectivity index (χ4v) is 1.75. The molecule has 0 saturated carbocycles. The van der Waals surface area contributed by atoms with Crippen molar-refractivity contribution in [3.05, 3.63) is 29.7 Å². The highest BCUT2D eigenvalue weighted by Crippen LogP contribution is 2.12. The molecule has 0 saturated heterocycles. The highest BCUT2D eigenvalue weighted by atomic mass is 16.2. The summed E-state index contributed by atoms with van der Waals surface area (Å²) in [4.78, 5) is 12.1. The molecule has 0 aliphatic carbocycles. The molecule has 7 nitrogen and oxygen atoms in total. The summed E-state index contributed by atoms with van der Waals surface area (Å²) in [6.07, 6.45) is 1.91. The Kier molecular flexibility index (Phi) is 3.61. The molecule has 2 aromatic rings. The molecule has 0 aliphatic heterocycles. The van der Waals surface area contributed by atoms with Gasteiger partial charge in [0, 0.05) is 19.3 Å². The number of aromatic nitrogens is 4. The van der Waals surface area contributed by atoms with Crippen molar-refractivity contribution in [3.8, 4) is 6.07 Å². The molecule has 0 aromatic carbocycles. The number of nitrogens with one attached hydrogen (secondary N) is 1. The largest absolute Gasteiger partial charge is 0.305 e. The minimum Gasteiger partial charge on any atom is -0.305 e. The van der Waals surface area contributed by atoms with Crippen LogP contribution in [0.3, 0.4) is 0 Å². The van der Waals surface area contributed by atoms with Gasteiger partial charge in [0.1, 0.15) is 11.5 Å². The molecule has 7 heteroatoms. The second-order valence-corrected chi connectivity index (χ2v) is 4.10. The van der Waals surface area contributed by atoms with E-state index in [1.54, 1.807) is 30.1 Å². The molecular formula is C12H14N6O. The number of hydrogen-bond donors (Lipinski definition) is 1. The maximum absolute atomic E-state index is 12.1. The molecule has 0 aliphatic rings. The van der Waals surface area contributed by atoms with Crippen molar-refractivity contribution in [2.75, 3.05) is 5.32 Å². The maximum Gasteiger partial charge on any atom is 0.275 e. The monoisotopic (exact) mass is 258 g/mol. The lowest BCUT2D eigenvalue weighted by atomic mass is 10.4. The van der Waals surface area contributed by atoms with E-state index >= 15 is 0 Å². The minimum absolute atomic E-state index is 0.252. The van der Waals surface area contributed by atoms with Gasteiger partial charge in [-0.2, -0.15) is 15.5 Å². The number of nitrogens with zero attached hydrogens (tertiary/aromatic N) is 5. The van der Waals surface area contributed by atoms with Gasteiger partial charge in [-0.05, 0) is 13.0 Å². The number of amides is 1. The first kappa shape index (κ1) is 12.8. The average molecular weight is 258 g/mol. The van der Waals surface area contributed by atoms with Gasteiger partial charge in [0.25, 0.3) is 5.91 Å². The third-order valence-corrected chi connectivity index (χ3v) is 2.63. The zero-order valence-electron chi connectivity index (χ0n) is 10.8. The van der Waals surface area contributed by atoms with Crippen molar-refractivity contribution in [1.82, 2.24) is 19.6 Å². The lowest BCUT2D eigenvalue weighted by molar-refractivity contribution is 0.101. The number of nitriles is 1. The van der Waals surface area contributed by atoms with Gasteiger partial charge in [-0.3, -0.25) is 9.48 Å². The van der Waals surface area contributed by atoms with Crippen LogP contribution in [0.25, 0.3) is 0 Å². The number of hydrogen-bond acceptors (Lipinski definition) is 4. The molecule has 0 unspecified atom stereocenters. The molecule has 1 amide bonds. The van der Waals surface area contributed by atoms with Crippen LogP contribution in [0.5, 0.6) is 0 Å². The first-order chi connectivity index (χ1) is 9.11. The van der Waals surface area contributed by atoms with E-state index in [1.807, 2.05) is 6.92 Å². The Balaban J connectivity index is 2.17. The molecule has 0 fully saturated rings. The van der Waals surface area contributed by atoms with Gasteiger partial charge in [0.15, 0.2) is 0 Å². The van der Waals surface area contributed by atoms with Crippen LogP contribution in [0.4, 0.5) is 5.82 Å². The Bertz CT molecular complexity index is 633. The van der Waals surface area contributed by atoms with Crippen molar-refractivity contribution in [1.29, 1.82) is 5.26 Å². The van der Waals surface area contributed by atoms with E-state index in [-0.39, 0.29) is 5.91 Å². The van der Waals surface area contributed by atoms with Crippen molar-refractivity contribution in [2.24, 2.45) is 7.05 Å². The zero-order chi connectivity index (χ0) is 13.8. The van der Waals surface area contributed by atoms with E-state index in [9.17, 15) is 4.79 Å². The third-order valence-electron chi connectivity index (χ3n) is 2.63. The molecular weight excluding hydrogens is 244 g/mol. The van der Waals surface area contributed by atoms with Gasteiger partial charge in [0.2, 0.25) is 0 Å². The van der Waals surface area contributed by atoms with Crippen molar-refractivity contribution in [3.63, 3.8) is 0 Å². The normalized spacial score (nSPS) is 10.2. The van der Waals surface area contributed by atoms with Crippen LogP contribution >= 0.6 is 0 Å². The lowest BCUT2D eigenvalue weighted by Crippen LogP contribution is -2.18. The summed E-state index contributed by atoms with van der Waals surface area (Å²) < 4.78 is 3.12. The van der Waals surface area contributed by atoms with Crippen LogP contribution in [-0.4, -0.2) is 25.5 Å². The number of anilines is 1. The molecule has 0 bridgehead atoms. The van der Waals surface area contributed by atoms with Gasteiger partial charge in [0.05, 0.1) is 24.7 Å². The first-order valence-corrected chi connectivity index (χ1v) is 5.82. The molecule has 19 heavy (non-hydrogen) atoms. The summed E-state index contributed by atoms with van der Waals surface area (Å²) in [7, 11) is 1.70. The maximum atomic E-state index is 12.1. The lowest BCUT2D eigenvalue weighted by Gasteiger charge is -2.07. The van der Waals surface area contributed by atoms with Crippen LogP contribution in [0, 0.1) is 18.3 Å². The van der Waals surface area contributed by atoms with Crippen LogP contribution in [0.2, 0.25) is 0 Å². The first-order valence-electron chi connectivity index (χ1n) is 5.82. The molecule has 2 heterocycles. The van der Waals surface area contributed by atoms with Gasteiger partial charge < -0.3 is 5.32 Å². The van der Waals surface area contributed by atoms with Crippen molar-refractivity contribution >= 4 is 11.7 Å². The van der Waals surface area contributed by atoms with Gasteiger partial charge in [-0.25, -0.2) is 4.68 Å². The summed E-state index contributed by atoms with van der Waals surface area (Å²) in [5.41, 5.74) is 1.25. The van der Waals surface area contributed by atoms with E-state index in [2.05, 4.69) is 21.6 Å². The number of carbonyl (C=O) groups excluding carboxylic acids is 1. The number of rotatable bonds is 4. The summed E-state index contributed by atoms with van der Waals surface area (Å²) >= 11 is 0. The Morgan fingerprint density at radius 3 is 3.00 bits per heavy atom. The van der Waals surface area contributed by atoms with Gasteiger partial charge >= 0.3 is 0 Å². The smallest absolute Gasteiger partial charge is 0.275 e. The number of carbonyl (C=O) groups is 1. The van der Waals surface area contributed by atoms with Crippen molar-refractivity contribution < 1.29 is 4.79 Å². The Hall–Kier alpha value is -2.62. The summed E-state index contributed by atoms with van der Waals surface area (Å²) in [5.74, 6) is 0.331. The fraction of sp³-hybridized carbons (Fsp3) is 0.333. The average Bonchev–Trinajstić information content (AvgIpc) is 2.93. The molecule has 0 spiro atoms. The van der Waals surface area contributed by atoms with Crippen molar-refractivity contribution in [2.45, 2.75) is 19.9 Å². The standard InChI is InChI=1S/C12H14N6O/c1-9-8-11(18(16-9)7-3-5-13)15-12(19)10-4-6-14-17(10)2/h4,6,8H,3,7H2,1-2H3,(H,15,19). The SMILES string of the molecule is Cc1cc(NC(=O)c2ccnn2C)n(CCC#N)n1. The quantitative estimate of drug-likeness (QED) is 0.889. The Morgan fingerprint density at radius 2 is 2.37 bits per heavy atom. The Morgan fingerprint density at radius 1 is 1.58 bits per heavy atom. The topological polar surface area (TPSA) is 88.5 Å². The van der Waals surface area contributed by atoms with E-state index in [1.165, 1.54) is 4.68 Å². The molecule has 1 N–H and O–H groups in total. The van der Waals surface area contributed by atoms with E-state index in [4.69, 9.17) is 5.26 Å². The fourth-order valence-electron chi connectivity index (χ4n) is 1.75. The second kappa shape index (κ2) is 5.35. The minimum atomic E-state index is -0.252. The summed E-state index contributed by atoms with van der Waals surface area (Å²) in [6, 6.07) is 5.46. The second-order valence-electron chi connectivity index (χ2n) is 4.10. The predicted molar refractivity (Wildman–Crippen MR) is 68.4 cm³/mol. The highest BCUT2D eigenvalue weighted by Gasteiger charge is 2.13. The van der Waals surface area contributed by atoms with E-state index < -0.39 is 0 Å².